The molecule has 66 heavy (non-hydrogen) atoms. The average molecular weight is 845 g/mol. The molecular weight excluding hydrogens is 813 g/mol. The van der Waals surface area contributed by atoms with E-state index in [2.05, 4.69) is 146 Å². The van der Waals surface area contributed by atoms with Gasteiger partial charge in [0, 0.05) is 76.1 Å². The molecule has 0 amide bonds. The fourth-order valence-corrected chi connectivity index (χ4v) is 10.5. The van der Waals surface area contributed by atoms with Crippen molar-refractivity contribution in [3.63, 3.8) is 0 Å². The zero-order valence-corrected chi connectivity index (χ0v) is 35.0. The van der Waals surface area contributed by atoms with Crippen molar-refractivity contribution in [1.29, 1.82) is 0 Å². The lowest BCUT2D eigenvalue weighted by atomic mass is 9.92. The van der Waals surface area contributed by atoms with E-state index < -0.39 is 0 Å². The van der Waals surface area contributed by atoms with Gasteiger partial charge in [-0.1, -0.05) is 146 Å². The van der Waals surface area contributed by atoms with Gasteiger partial charge in [-0.25, -0.2) is 9.97 Å². The zero-order chi connectivity index (χ0) is 43.0. The van der Waals surface area contributed by atoms with E-state index in [4.69, 9.17) is 27.6 Å². The maximum Gasteiger partial charge on any atom is 0.144 e. The van der Waals surface area contributed by atoms with E-state index in [-0.39, 0.29) is 0 Å². The Morgan fingerprint density at radius 3 is 0.864 bits per heavy atom. The number of furan rings is 4. The molecular formula is C60H32N2O4. The lowest BCUT2D eigenvalue weighted by Crippen LogP contribution is -1.96. The fraction of sp³-hybridized carbons (Fsp3) is 0. The Kier molecular flexibility index (Phi) is 7.13. The summed E-state index contributed by atoms with van der Waals surface area (Å²) < 4.78 is 26.8. The molecule has 0 unspecified atom stereocenters. The Labute approximate surface area is 374 Å². The van der Waals surface area contributed by atoms with Crippen molar-refractivity contribution in [2.24, 2.45) is 0 Å². The zero-order valence-electron chi connectivity index (χ0n) is 35.0. The Morgan fingerprint density at radius 2 is 0.515 bits per heavy atom. The molecule has 15 aromatic rings. The SMILES string of the molecule is c1ccc2c(c1)oc1c(-c3cc(-c4cccc5c4oc4ccccc45)c4ccc5c(-c6cccc7c6oc6ccccc67)cc(-c6cccc7c6oc6ccccc67)nc5c4n3)cccc12. The van der Waals surface area contributed by atoms with Gasteiger partial charge in [-0.2, -0.15) is 0 Å². The van der Waals surface area contributed by atoms with Crippen LogP contribution in [0.2, 0.25) is 0 Å². The number of benzene rings is 9. The summed E-state index contributed by atoms with van der Waals surface area (Å²) in [5.41, 5.74) is 15.2. The van der Waals surface area contributed by atoms with E-state index in [1.54, 1.807) is 0 Å². The van der Waals surface area contributed by atoms with E-state index >= 15 is 0 Å². The second-order valence-electron chi connectivity index (χ2n) is 17.1. The fourth-order valence-electron chi connectivity index (χ4n) is 10.5. The molecule has 6 heterocycles. The van der Waals surface area contributed by atoms with Gasteiger partial charge < -0.3 is 17.7 Å². The van der Waals surface area contributed by atoms with E-state index in [0.717, 1.165) is 154 Å². The van der Waals surface area contributed by atoms with Crippen molar-refractivity contribution in [2.45, 2.75) is 0 Å². The third kappa shape index (κ3) is 4.95. The minimum Gasteiger partial charge on any atom is -0.455 e. The van der Waals surface area contributed by atoms with Gasteiger partial charge in [0.1, 0.15) is 44.7 Å². The quantitative estimate of drug-likeness (QED) is 0.164. The molecule has 306 valence electrons. The van der Waals surface area contributed by atoms with E-state index in [9.17, 15) is 0 Å². The molecule has 0 aliphatic carbocycles. The average Bonchev–Trinajstić information content (AvgIpc) is 4.16. The van der Waals surface area contributed by atoms with Gasteiger partial charge in [0.2, 0.25) is 0 Å². The van der Waals surface area contributed by atoms with Crippen LogP contribution in [0.4, 0.5) is 0 Å². The highest BCUT2D eigenvalue weighted by molar-refractivity contribution is 6.20. The Balaban J connectivity index is 1.10. The van der Waals surface area contributed by atoms with Gasteiger partial charge in [-0.05, 0) is 59.7 Å². The van der Waals surface area contributed by atoms with E-state index in [1.165, 1.54) is 0 Å². The number of hydrogen-bond acceptors (Lipinski definition) is 6. The van der Waals surface area contributed by atoms with Crippen LogP contribution in [0.1, 0.15) is 0 Å². The summed E-state index contributed by atoms with van der Waals surface area (Å²) in [4.78, 5) is 11.3. The summed E-state index contributed by atoms with van der Waals surface area (Å²) in [5.74, 6) is 0. The van der Waals surface area contributed by atoms with Crippen LogP contribution < -0.4 is 0 Å². The summed E-state index contributed by atoms with van der Waals surface area (Å²) in [6.07, 6.45) is 0. The number of fused-ring (bicyclic) bond motifs is 15. The van der Waals surface area contributed by atoms with E-state index in [0.29, 0.717) is 0 Å². The van der Waals surface area contributed by atoms with Crippen LogP contribution in [-0.2, 0) is 0 Å². The van der Waals surface area contributed by atoms with Gasteiger partial charge in [-0.3, -0.25) is 0 Å². The van der Waals surface area contributed by atoms with Gasteiger partial charge in [0.05, 0.1) is 22.4 Å². The lowest BCUT2D eigenvalue weighted by molar-refractivity contribution is 0.669. The molecule has 0 saturated carbocycles. The molecule has 9 aromatic carbocycles. The van der Waals surface area contributed by atoms with Crippen molar-refractivity contribution in [3.8, 4) is 44.8 Å². The van der Waals surface area contributed by atoms with Crippen LogP contribution in [0.5, 0.6) is 0 Å². The molecule has 0 bridgehead atoms. The highest BCUT2D eigenvalue weighted by atomic mass is 16.3. The Morgan fingerprint density at radius 1 is 0.227 bits per heavy atom. The first kappa shape index (κ1) is 35.5. The number of pyridine rings is 2. The second-order valence-corrected chi connectivity index (χ2v) is 17.1. The highest BCUT2D eigenvalue weighted by Gasteiger charge is 2.24. The summed E-state index contributed by atoms with van der Waals surface area (Å²) in [6.45, 7) is 0. The van der Waals surface area contributed by atoms with Crippen molar-refractivity contribution < 1.29 is 17.7 Å². The molecule has 6 nitrogen and oxygen atoms in total. The van der Waals surface area contributed by atoms with Gasteiger partial charge in [0.15, 0.2) is 0 Å². The maximum absolute atomic E-state index is 6.74. The Bertz CT molecular complexity index is 4260. The third-order valence-electron chi connectivity index (χ3n) is 13.5. The van der Waals surface area contributed by atoms with Crippen molar-refractivity contribution >= 4 is 110 Å². The molecule has 0 aliphatic heterocycles. The third-order valence-corrected chi connectivity index (χ3v) is 13.5. The minimum atomic E-state index is 0.748. The first-order chi connectivity index (χ1) is 32.7. The predicted octanol–water partition coefficient (Wildman–Crippen LogP) is 17.0. The van der Waals surface area contributed by atoms with Crippen LogP contribution in [0.15, 0.2) is 212 Å². The molecule has 6 heteroatoms. The standard InChI is InChI=1S/C60H32N2O4/c1-5-25-51-33(13-1)39-17-9-21-43(57(39)63-51)47-31-49(45-23-11-19-41-35-15-3-7-27-53(35)65-59(41)45)61-55-37(47)29-30-38-48(44-22-10-18-40-34-14-2-6-26-52(34)64-58(40)44)32-50(62-56(38)55)46-24-12-20-42-36-16-4-8-28-54(36)66-60(42)46/h1-32H. The first-order valence-corrected chi connectivity index (χ1v) is 22.1. The molecule has 6 aromatic heterocycles. The number of rotatable bonds is 4. The molecule has 0 atom stereocenters. The molecule has 0 aliphatic rings. The van der Waals surface area contributed by atoms with Gasteiger partial charge >= 0.3 is 0 Å². The van der Waals surface area contributed by atoms with Crippen LogP contribution in [-0.4, -0.2) is 9.97 Å². The summed E-state index contributed by atoms with van der Waals surface area (Å²) in [5, 5.41) is 10.3. The monoisotopic (exact) mass is 844 g/mol. The van der Waals surface area contributed by atoms with Crippen LogP contribution in [0.25, 0.3) is 154 Å². The number of hydrogen-bond donors (Lipinski definition) is 0. The smallest absolute Gasteiger partial charge is 0.144 e. The number of aromatic nitrogens is 2. The number of nitrogens with zero attached hydrogens (tertiary/aromatic N) is 2. The predicted molar refractivity (Wildman–Crippen MR) is 268 cm³/mol. The second kappa shape index (κ2) is 13.3. The first-order valence-electron chi connectivity index (χ1n) is 22.1. The lowest BCUT2D eigenvalue weighted by Gasteiger charge is -2.16. The van der Waals surface area contributed by atoms with Crippen LogP contribution in [0, 0.1) is 0 Å². The van der Waals surface area contributed by atoms with Gasteiger partial charge in [0.25, 0.3) is 0 Å². The van der Waals surface area contributed by atoms with Crippen molar-refractivity contribution in [3.05, 3.63) is 194 Å². The highest BCUT2D eigenvalue weighted by Crippen LogP contribution is 2.46. The van der Waals surface area contributed by atoms with Gasteiger partial charge in [-0.15, -0.1) is 0 Å². The van der Waals surface area contributed by atoms with Crippen molar-refractivity contribution in [2.75, 3.05) is 0 Å². The topological polar surface area (TPSA) is 78.3 Å². The molecule has 15 rings (SSSR count). The largest absolute Gasteiger partial charge is 0.455 e. The summed E-state index contributed by atoms with van der Waals surface area (Å²) in [6, 6.07) is 67.0. The van der Waals surface area contributed by atoms with Crippen LogP contribution >= 0.6 is 0 Å². The number of para-hydroxylation sites is 8. The molecule has 0 radical (unpaired) electrons. The van der Waals surface area contributed by atoms with Crippen molar-refractivity contribution in [1.82, 2.24) is 9.97 Å². The molecule has 0 fully saturated rings. The van der Waals surface area contributed by atoms with E-state index in [1.807, 2.05) is 48.5 Å². The summed E-state index contributed by atoms with van der Waals surface area (Å²) >= 11 is 0. The Hall–Kier alpha value is -9.00. The summed E-state index contributed by atoms with van der Waals surface area (Å²) in [7, 11) is 0. The maximum atomic E-state index is 6.74. The molecule has 0 spiro atoms. The van der Waals surface area contributed by atoms with Crippen LogP contribution in [0.3, 0.4) is 0 Å². The molecule has 0 saturated heterocycles. The minimum absolute atomic E-state index is 0.748. The molecule has 0 N–H and O–H groups in total. The normalized spacial score (nSPS) is 12.2.